The van der Waals surface area contributed by atoms with Crippen molar-refractivity contribution < 1.29 is 84.4 Å². The van der Waals surface area contributed by atoms with E-state index in [1.165, 1.54) is 0 Å². The van der Waals surface area contributed by atoms with E-state index in [-0.39, 0.29) is 95.7 Å². The van der Waals surface area contributed by atoms with Crippen LogP contribution in [0.5, 0.6) is 0 Å². The summed E-state index contributed by atoms with van der Waals surface area (Å²) in [6, 6.07) is 0. The van der Waals surface area contributed by atoms with Crippen molar-refractivity contribution in [2.24, 2.45) is 11.8 Å². The maximum absolute atomic E-state index is 5.95. The van der Waals surface area contributed by atoms with Gasteiger partial charge in [0.05, 0.1) is 12.2 Å². The van der Waals surface area contributed by atoms with Gasteiger partial charge in [0.25, 0.3) is 0 Å². The molecule has 39 heavy (non-hydrogen) atoms. The molecule has 6 rings (SSSR count). The molecule has 8 atom stereocenters. The van der Waals surface area contributed by atoms with Gasteiger partial charge in [0.1, 0.15) is 24.4 Å². The van der Waals surface area contributed by atoms with E-state index in [9.17, 15) is 0 Å². The summed E-state index contributed by atoms with van der Waals surface area (Å²) in [7, 11) is 3.29. The average Bonchev–Trinajstić information content (AvgIpc) is 3.64. The molecule has 11 heteroatoms. The van der Waals surface area contributed by atoms with Crippen LogP contribution in [0.3, 0.4) is 0 Å². The van der Waals surface area contributed by atoms with Crippen molar-refractivity contribution in [2.75, 3.05) is 14.2 Å². The molecule has 2 aliphatic carbocycles. The van der Waals surface area contributed by atoms with E-state index >= 15 is 0 Å². The molecule has 0 radical (unpaired) electrons. The van der Waals surface area contributed by atoms with Crippen molar-refractivity contribution in [1.29, 1.82) is 0 Å². The van der Waals surface area contributed by atoms with Crippen LogP contribution in [0.4, 0.5) is 0 Å². The Bertz CT molecular complexity index is 814. The van der Waals surface area contributed by atoms with Crippen molar-refractivity contribution in [3.8, 4) is 0 Å². The second kappa shape index (κ2) is 14.4. The van der Waals surface area contributed by atoms with Crippen LogP contribution in [0.25, 0.3) is 0 Å². The summed E-state index contributed by atoms with van der Waals surface area (Å²) in [6.07, 6.45) is 17.9. The monoisotopic (exact) mass is 622 g/mol. The number of rotatable bonds is 6. The third-order valence-corrected chi connectivity index (χ3v) is 7.34. The second-order valence-corrected chi connectivity index (χ2v) is 11.0. The summed E-state index contributed by atoms with van der Waals surface area (Å²) in [6.45, 7) is 7.74. The van der Waals surface area contributed by atoms with E-state index in [1.807, 2.05) is 27.7 Å². The first kappa shape index (κ1) is 35.1. The summed E-state index contributed by atoms with van der Waals surface area (Å²) in [5, 5.41) is 0. The fraction of sp³-hybridized carbons (Fsp3) is 0.714. The molecular formula is C28H40Cl2O8Ti. The van der Waals surface area contributed by atoms with Crippen LogP contribution in [0.2, 0.25) is 0 Å². The minimum absolute atomic E-state index is 0. The second-order valence-electron chi connectivity index (χ2n) is 11.0. The molecule has 8 nitrogen and oxygen atoms in total. The van der Waals surface area contributed by atoms with Crippen molar-refractivity contribution in [3.63, 3.8) is 0 Å². The summed E-state index contributed by atoms with van der Waals surface area (Å²) in [5.74, 6) is -0.234. The molecular weight excluding hydrogens is 583 g/mol. The summed E-state index contributed by atoms with van der Waals surface area (Å²) in [4.78, 5) is 0. The number of halogens is 2. The fourth-order valence-electron chi connectivity index (χ4n) is 5.85. The standard InChI is InChI=1S/2C14H20O4.2ClH.Ti/c2*1-14(2)17-11-10(8-9-6-4-5-7-9)16-13(15-3)12(11)18-14;;;/h2*4-7,9-13H,8H2,1-3H3;2*1H;/q;;;;+2/p-2/t2*10?,11?,12-,13?;;;/m00.../s1. The first-order valence-electron chi connectivity index (χ1n) is 13.0. The summed E-state index contributed by atoms with van der Waals surface area (Å²) >= 11 is 0. The van der Waals surface area contributed by atoms with E-state index in [1.54, 1.807) is 14.2 Å². The number of hydrogen-bond acceptors (Lipinski definition) is 8. The molecule has 0 N–H and O–H groups in total. The van der Waals surface area contributed by atoms with E-state index < -0.39 is 11.6 Å². The van der Waals surface area contributed by atoms with Crippen molar-refractivity contribution in [2.45, 2.75) is 101 Å². The third kappa shape index (κ3) is 8.06. The SMILES string of the molecule is COC1OC(CC2C=CC=C2)C2OC(C)(C)O[C@H]12.COC1OC(CC2C=CC=C2)C2OC(C)(C)O[C@H]12.[Cl-].[Cl-].[Ti+2]. The predicted octanol–water partition coefficient (Wildman–Crippen LogP) is -1.97. The molecule has 0 spiro atoms. The van der Waals surface area contributed by atoms with Gasteiger partial charge in [0.15, 0.2) is 24.2 Å². The first-order valence-corrected chi connectivity index (χ1v) is 13.0. The number of ether oxygens (including phenoxy) is 8. The Morgan fingerprint density at radius 3 is 1.18 bits per heavy atom. The quantitative estimate of drug-likeness (QED) is 0.316. The molecule has 0 aromatic carbocycles. The van der Waals surface area contributed by atoms with Gasteiger partial charge in [-0.2, -0.15) is 0 Å². The molecule has 0 aromatic heterocycles. The van der Waals surface area contributed by atoms with Gasteiger partial charge in [0.2, 0.25) is 0 Å². The fourth-order valence-corrected chi connectivity index (χ4v) is 5.85. The van der Waals surface area contributed by atoms with Crippen molar-refractivity contribution >= 4 is 0 Å². The van der Waals surface area contributed by atoms with Crippen LogP contribution in [0.15, 0.2) is 48.6 Å². The van der Waals surface area contributed by atoms with Crippen LogP contribution < -0.4 is 24.8 Å². The van der Waals surface area contributed by atoms with Crippen LogP contribution in [0.1, 0.15) is 40.5 Å². The molecule has 0 bridgehead atoms. The van der Waals surface area contributed by atoms with Crippen LogP contribution in [0, 0.1) is 11.8 Å². The van der Waals surface area contributed by atoms with Crippen molar-refractivity contribution in [3.05, 3.63) is 48.6 Å². The van der Waals surface area contributed by atoms with Gasteiger partial charge in [-0.05, 0) is 52.4 Å². The molecule has 4 aliphatic heterocycles. The Labute approximate surface area is 259 Å². The summed E-state index contributed by atoms with van der Waals surface area (Å²) in [5.41, 5.74) is 0. The zero-order valence-electron chi connectivity index (χ0n) is 23.3. The minimum Gasteiger partial charge on any atom is -1.00 e. The van der Waals surface area contributed by atoms with Gasteiger partial charge in [-0.1, -0.05) is 48.6 Å². The molecule has 6 aliphatic rings. The Morgan fingerprint density at radius 1 is 0.564 bits per heavy atom. The zero-order valence-corrected chi connectivity index (χ0v) is 26.4. The number of allylic oxidation sites excluding steroid dienone is 8. The topological polar surface area (TPSA) is 73.8 Å². The van der Waals surface area contributed by atoms with Crippen LogP contribution >= 0.6 is 0 Å². The predicted molar refractivity (Wildman–Crippen MR) is 132 cm³/mol. The van der Waals surface area contributed by atoms with Crippen LogP contribution in [-0.2, 0) is 59.6 Å². The van der Waals surface area contributed by atoms with Gasteiger partial charge in [-0.3, -0.25) is 0 Å². The Kier molecular flexibility index (Phi) is 13.0. The first-order chi connectivity index (χ1) is 17.2. The minimum atomic E-state index is -0.546. The van der Waals surface area contributed by atoms with Gasteiger partial charge in [-0.15, -0.1) is 0 Å². The molecule has 4 fully saturated rings. The van der Waals surface area contributed by atoms with E-state index in [2.05, 4.69) is 48.6 Å². The third-order valence-electron chi connectivity index (χ3n) is 7.34. The van der Waals surface area contributed by atoms with E-state index in [0.717, 1.165) is 12.8 Å². The number of hydrogen-bond donors (Lipinski definition) is 0. The Morgan fingerprint density at radius 2 is 0.872 bits per heavy atom. The van der Waals surface area contributed by atoms with Crippen LogP contribution in [-0.4, -0.2) is 75.0 Å². The van der Waals surface area contributed by atoms with Crippen molar-refractivity contribution in [1.82, 2.24) is 0 Å². The normalized spacial score (nSPS) is 38.5. The average molecular weight is 623 g/mol. The number of methoxy groups -OCH3 is 2. The largest absolute Gasteiger partial charge is 2.00 e. The van der Waals surface area contributed by atoms with Gasteiger partial charge in [-0.25, -0.2) is 0 Å². The number of fused-ring (bicyclic) bond motifs is 2. The van der Waals surface area contributed by atoms with Gasteiger partial charge < -0.3 is 62.7 Å². The molecule has 6 unspecified atom stereocenters. The van der Waals surface area contributed by atoms with Gasteiger partial charge >= 0.3 is 21.7 Å². The summed E-state index contributed by atoms with van der Waals surface area (Å²) < 4.78 is 46.1. The molecule has 4 heterocycles. The molecule has 4 saturated heterocycles. The maximum atomic E-state index is 5.95. The molecule has 0 aromatic rings. The van der Waals surface area contributed by atoms with E-state index in [0.29, 0.717) is 11.8 Å². The van der Waals surface area contributed by atoms with Gasteiger partial charge in [0, 0.05) is 14.2 Å². The molecule has 218 valence electrons. The molecule has 0 saturated carbocycles. The smallest absolute Gasteiger partial charge is 1.00 e. The van der Waals surface area contributed by atoms with E-state index in [4.69, 9.17) is 37.9 Å². The Balaban J connectivity index is 0.000000254. The maximum Gasteiger partial charge on any atom is 2.00 e. The molecule has 0 amide bonds. The zero-order chi connectivity index (χ0) is 25.5. The Hall–Kier alpha value is -0.0657.